The lowest BCUT2D eigenvalue weighted by Crippen LogP contribution is -2.38. The van der Waals surface area contributed by atoms with Crippen LogP contribution in [0, 0.1) is 0 Å². The third-order valence-electron chi connectivity index (χ3n) is 12.7. The molecule has 0 saturated heterocycles. The third kappa shape index (κ3) is 30.3. The summed E-state index contributed by atoms with van der Waals surface area (Å²) in [6, 6.07) is 15.1. The third-order valence-corrected chi connectivity index (χ3v) is 13.8. The molecule has 2 aromatic carbocycles. The first-order valence-electron chi connectivity index (χ1n) is 26.9. The number of benzene rings is 2. The van der Waals surface area contributed by atoms with E-state index in [9.17, 15) is 22.6 Å². The van der Waals surface area contributed by atoms with Gasteiger partial charge in [0.2, 0.25) is 12.6 Å². The van der Waals surface area contributed by atoms with E-state index in [4.69, 9.17) is 18.9 Å². The van der Waals surface area contributed by atoms with Crippen LogP contribution in [0.5, 0.6) is 11.5 Å². The zero-order valence-corrected chi connectivity index (χ0v) is 43.0. The molecule has 2 rings (SSSR count). The molecule has 1 N–H and O–H groups in total. The first kappa shape index (κ1) is 59.0. The summed E-state index contributed by atoms with van der Waals surface area (Å²) >= 11 is 0. The van der Waals surface area contributed by atoms with Gasteiger partial charge in [0.15, 0.2) is 5.25 Å². The molecule has 3 atom stereocenters. The summed E-state index contributed by atoms with van der Waals surface area (Å²) in [7, 11) is -5.02. The van der Waals surface area contributed by atoms with Crippen LogP contribution in [0.3, 0.4) is 0 Å². The minimum absolute atomic E-state index is 0.530. The number of esters is 2. The number of carbonyl (C=O) groups is 2. The highest BCUT2D eigenvalue weighted by Gasteiger charge is 2.37. The Hall–Kier alpha value is -3.11. The molecule has 0 aliphatic carbocycles. The molecule has 0 spiro atoms. The van der Waals surface area contributed by atoms with Crippen LogP contribution in [-0.2, 0) is 42.0 Å². The molecular formula is C56H94O9S. The van der Waals surface area contributed by atoms with Crippen LogP contribution in [0.25, 0.3) is 0 Å². The number of hydrogen-bond donors (Lipinski definition) is 1. The zero-order chi connectivity index (χ0) is 47.9. The van der Waals surface area contributed by atoms with E-state index in [2.05, 4.69) is 13.8 Å². The Labute approximate surface area is 403 Å². The van der Waals surface area contributed by atoms with Gasteiger partial charge in [-0.05, 0) is 48.9 Å². The highest BCUT2D eigenvalue weighted by molar-refractivity contribution is 7.87. The van der Waals surface area contributed by atoms with Gasteiger partial charge in [-0.1, -0.05) is 243 Å². The normalized spacial score (nSPS) is 13.0. The number of ether oxygens (including phenoxy) is 4. The maximum Gasteiger partial charge on any atom is 0.330 e. The maximum atomic E-state index is 13.1. The Balaban J connectivity index is 1.67. The van der Waals surface area contributed by atoms with Crippen LogP contribution >= 0.6 is 0 Å². The summed E-state index contributed by atoms with van der Waals surface area (Å²) in [6.45, 7) is 7.53. The Morgan fingerprint density at radius 3 is 1.06 bits per heavy atom. The zero-order valence-electron chi connectivity index (χ0n) is 42.2. The lowest BCUT2D eigenvalue weighted by atomic mass is 10.0. The second-order valence-electron chi connectivity index (χ2n) is 18.8. The van der Waals surface area contributed by atoms with Crippen LogP contribution in [0.2, 0.25) is 0 Å². The van der Waals surface area contributed by atoms with Crippen molar-refractivity contribution in [3.63, 3.8) is 0 Å². The van der Waals surface area contributed by atoms with Crippen LogP contribution in [0.1, 0.15) is 251 Å². The maximum absolute atomic E-state index is 13.1. The van der Waals surface area contributed by atoms with Gasteiger partial charge in [0, 0.05) is 13.8 Å². The molecule has 0 aromatic heterocycles. The predicted molar refractivity (Wildman–Crippen MR) is 272 cm³/mol. The molecule has 10 heteroatoms. The monoisotopic (exact) mass is 943 g/mol. The van der Waals surface area contributed by atoms with Crippen LogP contribution < -0.4 is 9.47 Å². The Morgan fingerprint density at radius 2 is 0.742 bits per heavy atom. The SMILES string of the molecule is CCCCCCCCCCCCCCCCCCc1ccccc1OC(C)OC(=O)CC(C(=O)OC(C)Oc1ccccc1CCCCCCCCCCCCCCCCCC)S(=O)(=O)O. The molecule has 0 aliphatic heterocycles. The minimum Gasteiger partial charge on any atom is -0.455 e. The van der Waals surface area contributed by atoms with E-state index < -0.39 is 46.3 Å². The molecule has 66 heavy (non-hydrogen) atoms. The first-order valence-corrected chi connectivity index (χ1v) is 28.4. The highest BCUT2D eigenvalue weighted by atomic mass is 32.2. The highest BCUT2D eigenvalue weighted by Crippen LogP contribution is 2.25. The van der Waals surface area contributed by atoms with Crippen molar-refractivity contribution in [1.82, 2.24) is 0 Å². The molecule has 0 aliphatic rings. The molecule has 0 saturated carbocycles. The molecule has 0 bridgehead atoms. The standard InChI is InChI=1S/C56H94O9S/c1-5-7-9-11-13-15-17-19-21-23-25-27-29-31-33-35-41-50-43-37-39-45-52(50)62-48(3)64-55(57)47-54(66(59,60)61)56(58)65-49(4)63-53-46-40-38-44-51(53)42-36-34-32-30-28-26-24-22-20-18-16-14-12-10-8-6-2/h37-40,43-46,48-49,54H,5-36,41-42,47H2,1-4H3,(H,59,60,61). The molecule has 0 heterocycles. The Morgan fingerprint density at radius 1 is 0.455 bits per heavy atom. The van der Waals surface area contributed by atoms with Crippen molar-refractivity contribution >= 4 is 22.1 Å². The lowest BCUT2D eigenvalue weighted by Gasteiger charge is -2.21. The van der Waals surface area contributed by atoms with Crippen LogP contribution in [0.15, 0.2) is 48.5 Å². The second kappa shape index (κ2) is 38.8. The molecule has 0 amide bonds. The van der Waals surface area contributed by atoms with Crippen molar-refractivity contribution in [2.24, 2.45) is 0 Å². The number of aryl methyl sites for hydroxylation is 2. The van der Waals surface area contributed by atoms with Gasteiger partial charge < -0.3 is 18.9 Å². The summed E-state index contributed by atoms with van der Waals surface area (Å²) in [5.41, 5.74) is 1.95. The summed E-state index contributed by atoms with van der Waals surface area (Å²) in [5.74, 6) is -1.24. The molecule has 9 nitrogen and oxygen atoms in total. The largest absolute Gasteiger partial charge is 0.455 e. The van der Waals surface area contributed by atoms with Gasteiger partial charge in [0.1, 0.15) is 11.5 Å². The summed E-state index contributed by atoms with van der Waals surface area (Å²) < 4.78 is 57.2. The molecule has 0 fully saturated rings. The van der Waals surface area contributed by atoms with Gasteiger partial charge >= 0.3 is 11.9 Å². The van der Waals surface area contributed by atoms with E-state index in [0.717, 1.165) is 49.7 Å². The van der Waals surface area contributed by atoms with E-state index in [-0.39, 0.29) is 0 Å². The fourth-order valence-electron chi connectivity index (χ4n) is 8.72. The van der Waals surface area contributed by atoms with Crippen molar-refractivity contribution in [2.45, 2.75) is 270 Å². The topological polar surface area (TPSA) is 125 Å². The quantitative estimate of drug-likeness (QED) is 0.0299. The summed E-state index contributed by atoms with van der Waals surface area (Å²) in [6.07, 6.45) is 40.2. The molecular weight excluding hydrogens is 849 g/mol. The summed E-state index contributed by atoms with van der Waals surface area (Å²) in [5, 5.41) is -2.19. The van der Waals surface area contributed by atoms with Gasteiger partial charge in [-0.2, -0.15) is 8.42 Å². The fourth-order valence-corrected chi connectivity index (χ4v) is 9.36. The van der Waals surface area contributed by atoms with E-state index in [1.807, 2.05) is 42.5 Å². The van der Waals surface area contributed by atoms with Gasteiger partial charge in [-0.15, -0.1) is 0 Å². The van der Waals surface area contributed by atoms with Crippen molar-refractivity contribution < 1.29 is 41.5 Å². The lowest BCUT2D eigenvalue weighted by molar-refractivity contribution is -0.168. The Kier molecular flexibility index (Phi) is 34.7. The van der Waals surface area contributed by atoms with Crippen molar-refractivity contribution in [3.05, 3.63) is 59.7 Å². The molecule has 3 unspecified atom stereocenters. The number of unbranched alkanes of at least 4 members (excludes halogenated alkanes) is 30. The molecule has 0 radical (unpaired) electrons. The van der Waals surface area contributed by atoms with E-state index in [1.54, 1.807) is 6.07 Å². The second-order valence-corrected chi connectivity index (χ2v) is 20.4. The van der Waals surface area contributed by atoms with E-state index >= 15 is 0 Å². The first-order chi connectivity index (χ1) is 32.0. The molecule has 2 aromatic rings. The van der Waals surface area contributed by atoms with Gasteiger partial charge in [-0.3, -0.25) is 14.1 Å². The van der Waals surface area contributed by atoms with Crippen molar-refractivity contribution in [1.29, 1.82) is 0 Å². The number of carbonyl (C=O) groups excluding carboxylic acids is 2. The summed E-state index contributed by atoms with van der Waals surface area (Å²) in [4.78, 5) is 26.0. The smallest absolute Gasteiger partial charge is 0.330 e. The van der Waals surface area contributed by atoms with Gasteiger partial charge in [-0.25, -0.2) is 0 Å². The number of hydrogen-bond acceptors (Lipinski definition) is 8. The van der Waals surface area contributed by atoms with Crippen LogP contribution in [-0.4, -0.2) is 42.7 Å². The van der Waals surface area contributed by atoms with E-state index in [0.29, 0.717) is 11.5 Å². The van der Waals surface area contributed by atoms with Gasteiger partial charge in [0.25, 0.3) is 10.1 Å². The Bertz CT molecular complexity index is 1610. The average molecular weight is 943 g/mol. The van der Waals surface area contributed by atoms with E-state index in [1.165, 1.54) is 194 Å². The number of rotatable bonds is 44. The minimum atomic E-state index is -5.02. The van der Waals surface area contributed by atoms with Crippen molar-refractivity contribution in [3.8, 4) is 11.5 Å². The van der Waals surface area contributed by atoms with Crippen LogP contribution in [0.4, 0.5) is 0 Å². The average Bonchev–Trinajstić information content (AvgIpc) is 3.28. The molecule has 378 valence electrons. The predicted octanol–water partition coefficient (Wildman–Crippen LogP) is 16.2. The van der Waals surface area contributed by atoms with Gasteiger partial charge in [0.05, 0.1) is 6.42 Å². The van der Waals surface area contributed by atoms with Crippen molar-refractivity contribution in [2.75, 3.05) is 0 Å². The number of para-hydroxylation sites is 2. The fraction of sp³-hybridized carbons (Fsp3) is 0.750.